The summed E-state index contributed by atoms with van der Waals surface area (Å²) in [7, 11) is 0. The molecule has 0 spiro atoms. The van der Waals surface area contributed by atoms with Crippen LogP contribution in [0, 0.1) is 11.8 Å². The van der Waals surface area contributed by atoms with Crippen molar-refractivity contribution >= 4 is 5.91 Å². The monoisotopic (exact) mass is 292 g/mol. The Morgan fingerprint density at radius 1 is 1.24 bits per heavy atom. The van der Waals surface area contributed by atoms with E-state index >= 15 is 0 Å². The molecule has 4 nitrogen and oxygen atoms in total. The average Bonchev–Trinajstić information content (AvgIpc) is 2.50. The molecule has 1 heterocycles. The maximum Gasteiger partial charge on any atom is 0.254 e. The van der Waals surface area contributed by atoms with E-state index in [2.05, 4.69) is 10.3 Å². The first kappa shape index (κ1) is 15.1. The van der Waals surface area contributed by atoms with Crippen LogP contribution in [0.3, 0.4) is 0 Å². The van der Waals surface area contributed by atoms with E-state index in [1.54, 1.807) is 0 Å². The Hall–Kier alpha value is -2.34. The molecule has 0 unspecified atom stereocenters. The third-order valence-electron chi connectivity index (χ3n) is 2.97. The smallest absolute Gasteiger partial charge is 0.254 e. The van der Waals surface area contributed by atoms with Gasteiger partial charge in [0.1, 0.15) is 0 Å². The summed E-state index contributed by atoms with van der Waals surface area (Å²) in [5, 5.41) is 11.8. The molecule has 0 aliphatic heterocycles. The quantitative estimate of drug-likeness (QED) is 0.824. The van der Waals surface area contributed by atoms with E-state index < -0.39 is 29.3 Å². The predicted molar refractivity (Wildman–Crippen MR) is 72.6 cm³/mol. The normalized spacial score (nSPS) is 12.0. The Bertz CT molecular complexity index is 620. The summed E-state index contributed by atoms with van der Waals surface area (Å²) < 4.78 is 26.5. The Morgan fingerprint density at radius 2 is 1.95 bits per heavy atom. The summed E-state index contributed by atoms with van der Waals surface area (Å²) >= 11 is 0. The molecule has 1 aromatic carbocycles. The second kappa shape index (κ2) is 6.90. The summed E-state index contributed by atoms with van der Waals surface area (Å²) in [6.07, 6.45) is 1.40. The molecule has 1 aromatic heterocycles. The van der Waals surface area contributed by atoms with Gasteiger partial charge in [0.25, 0.3) is 5.91 Å². The predicted octanol–water partition coefficient (Wildman–Crippen LogP) is 1.69. The van der Waals surface area contributed by atoms with Crippen molar-refractivity contribution in [2.75, 3.05) is 6.61 Å². The molecule has 2 aromatic rings. The number of aliphatic hydroxyl groups excluding tert-OH is 1. The minimum absolute atomic E-state index is 0.310. The number of hydrogen-bond acceptors (Lipinski definition) is 3. The molecule has 0 saturated heterocycles. The van der Waals surface area contributed by atoms with E-state index in [-0.39, 0.29) is 6.61 Å². The van der Waals surface area contributed by atoms with Gasteiger partial charge in [-0.25, -0.2) is 9.37 Å². The molecule has 1 amide bonds. The van der Waals surface area contributed by atoms with Crippen LogP contribution in [-0.4, -0.2) is 28.6 Å². The minimum Gasteiger partial charge on any atom is -0.394 e. The molecule has 6 heteroatoms. The van der Waals surface area contributed by atoms with Gasteiger partial charge in [-0.05, 0) is 18.1 Å². The topological polar surface area (TPSA) is 62.2 Å². The van der Waals surface area contributed by atoms with Crippen molar-refractivity contribution in [2.45, 2.75) is 12.5 Å². The summed E-state index contributed by atoms with van der Waals surface area (Å²) in [5.74, 6) is -3.42. The second-order valence-corrected chi connectivity index (χ2v) is 4.51. The van der Waals surface area contributed by atoms with Gasteiger partial charge < -0.3 is 10.4 Å². The molecule has 0 bridgehead atoms. The Balaban J connectivity index is 2.08. The van der Waals surface area contributed by atoms with E-state index in [0.717, 1.165) is 17.8 Å². The Kier molecular flexibility index (Phi) is 4.94. The lowest BCUT2D eigenvalue weighted by atomic mass is 10.1. The zero-order valence-corrected chi connectivity index (χ0v) is 11.1. The first-order chi connectivity index (χ1) is 10.1. The summed E-state index contributed by atoms with van der Waals surface area (Å²) in [6, 6.07) is 9.72. The van der Waals surface area contributed by atoms with E-state index in [1.807, 2.05) is 30.3 Å². The van der Waals surface area contributed by atoms with Crippen molar-refractivity contribution in [3.63, 3.8) is 0 Å². The Labute approximate surface area is 120 Å². The molecule has 21 heavy (non-hydrogen) atoms. The molecule has 0 aliphatic carbocycles. The highest BCUT2D eigenvalue weighted by atomic mass is 19.2. The third-order valence-corrected chi connectivity index (χ3v) is 2.97. The molecular formula is C15H14F2N2O2. The fraction of sp³-hybridized carbons (Fsp3) is 0.200. The zero-order valence-electron chi connectivity index (χ0n) is 11.1. The van der Waals surface area contributed by atoms with Crippen molar-refractivity contribution < 1.29 is 18.7 Å². The molecule has 2 rings (SSSR count). The van der Waals surface area contributed by atoms with Gasteiger partial charge in [0, 0.05) is 6.20 Å². The molecule has 1 atom stereocenters. The van der Waals surface area contributed by atoms with Crippen LogP contribution >= 0.6 is 0 Å². The maximum atomic E-state index is 13.5. The number of carbonyl (C=O) groups is 1. The highest BCUT2D eigenvalue weighted by Crippen LogP contribution is 2.10. The van der Waals surface area contributed by atoms with Gasteiger partial charge in [-0.2, -0.15) is 4.39 Å². The fourth-order valence-corrected chi connectivity index (χ4v) is 1.92. The number of rotatable bonds is 5. The van der Waals surface area contributed by atoms with E-state index in [1.165, 1.54) is 0 Å². The standard InChI is InChI=1S/C15H14F2N2O2/c16-13-12(6-7-18-14(13)17)15(21)19-11(9-20)8-10-4-2-1-3-5-10/h1-7,11,20H,8-9H2,(H,19,21)/t11-/m0/s1. The summed E-state index contributed by atoms with van der Waals surface area (Å²) in [4.78, 5) is 15.0. The number of aliphatic hydroxyl groups is 1. The number of aromatic nitrogens is 1. The first-order valence-electron chi connectivity index (χ1n) is 6.37. The average molecular weight is 292 g/mol. The number of carbonyl (C=O) groups excluding carboxylic acids is 1. The van der Waals surface area contributed by atoms with Crippen LogP contribution < -0.4 is 5.32 Å². The van der Waals surface area contributed by atoms with Crippen molar-refractivity contribution in [1.29, 1.82) is 0 Å². The van der Waals surface area contributed by atoms with Crippen LogP contribution in [0.2, 0.25) is 0 Å². The molecule has 110 valence electrons. The Morgan fingerprint density at radius 3 is 2.62 bits per heavy atom. The number of benzene rings is 1. The van der Waals surface area contributed by atoms with Crippen LogP contribution in [0.1, 0.15) is 15.9 Å². The zero-order chi connectivity index (χ0) is 15.2. The largest absolute Gasteiger partial charge is 0.394 e. The third kappa shape index (κ3) is 3.82. The van der Waals surface area contributed by atoms with Crippen LogP contribution in [0.4, 0.5) is 8.78 Å². The van der Waals surface area contributed by atoms with Crippen molar-refractivity contribution in [3.05, 3.63) is 65.5 Å². The van der Waals surface area contributed by atoms with Crippen molar-refractivity contribution in [1.82, 2.24) is 10.3 Å². The van der Waals surface area contributed by atoms with E-state index in [0.29, 0.717) is 6.42 Å². The molecule has 0 radical (unpaired) electrons. The van der Waals surface area contributed by atoms with Gasteiger partial charge in [0.15, 0.2) is 5.82 Å². The molecule has 0 fully saturated rings. The van der Waals surface area contributed by atoms with Gasteiger partial charge in [-0.15, -0.1) is 0 Å². The van der Waals surface area contributed by atoms with Crippen molar-refractivity contribution in [3.8, 4) is 0 Å². The van der Waals surface area contributed by atoms with E-state index in [9.17, 15) is 18.7 Å². The number of amides is 1. The second-order valence-electron chi connectivity index (χ2n) is 4.51. The van der Waals surface area contributed by atoms with Gasteiger partial charge in [0.05, 0.1) is 18.2 Å². The SMILES string of the molecule is O=C(N[C@H](CO)Cc1ccccc1)c1ccnc(F)c1F. The highest BCUT2D eigenvalue weighted by molar-refractivity contribution is 5.94. The molecule has 0 saturated carbocycles. The van der Waals surface area contributed by atoms with Crippen LogP contribution in [0.5, 0.6) is 0 Å². The highest BCUT2D eigenvalue weighted by Gasteiger charge is 2.19. The minimum atomic E-state index is -1.33. The van der Waals surface area contributed by atoms with Gasteiger partial charge in [-0.3, -0.25) is 4.79 Å². The van der Waals surface area contributed by atoms with Gasteiger partial charge in [-0.1, -0.05) is 30.3 Å². The maximum absolute atomic E-state index is 13.5. The van der Waals surface area contributed by atoms with Crippen LogP contribution in [-0.2, 0) is 6.42 Å². The number of pyridine rings is 1. The number of nitrogens with one attached hydrogen (secondary N) is 1. The van der Waals surface area contributed by atoms with Gasteiger partial charge >= 0.3 is 0 Å². The van der Waals surface area contributed by atoms with Crippen LogP contribution in [0.25, 0.3) is 0 Å². The summed E-state index contributed by atoms with van der Waals surface area (Å²) in [5.41, 5.74) is 0.479. The molecule has 0 aliphatic rings. The fourth-order valence-electron chi connectivity index (χ4n) is 1.92. The van der Waals surface area contributed by atoms with Crippen molar-refractivity contribution in [2.24, 2.45) is 0 Å². The molecular weight excluding hydrogens is 278 g/mol. The van der Waals surface area contributed by atoms with Crippen LogP contribution in [0.15, 0.2) is 42.6 Å². The first-order valence-corrected chi connectivity index (χ1v) is 6.37. The van der Waals surface area contributed by atoms with E-state index in [4.69, 9.17) is 0 Å². The lowest BCUT2D eigenvalue weighted by Gasteiger charge is -2.16. The number of nitrogens with zero attached hydrogens (tertiary/aromatic N) is 1. The number of hydrogen-bond donors (Lipinski definition) is 2. The summed E-state index contributed by atoms with van der Waals surface area (Å²) in [6.45, 7) is -0.310. The molecule has 2 N–H and O–H groups in total. The number of halogens is 2. The lowest BCUT2D eigenvalue weighted by molar-refractivity contribution is 0.0911. The van der Waals surface area contributed by atoms with Gasteiger partial charge in [0.2, 0.25) is 5.95 Å². The lowest BCUT2D eigenvalue weighted by Crippen LogP contribution is -2.39.